The molecule has 0 bridgehead atoms. The van der Waals surface area contributed by atoms with Crippen molar-refractivity contribution in [1.29, 1.82) is 0 Å². The van der Waals surface area contributed by atoms with Gasteiger partial charge >= 0.3 is 5.97 Å². The Hall–Kier alpha value is -1.41. The summed E-state index contributed by atoms with van der Waals surface area (Å²) in [5.74, 6) is -1.21. The van der Waals surface area contributed by atoms with Gasteiger partial charge in [0.15, 0.2) is 0 Å². The Labute approximate surface area is 80.4 Å². The summed E-state index contributed by atoms with van der Waals surface area (Å²) >= 11 is 0. The number of carboxylic acid groups (broad SMARTS) is 1. The molecule has 0 aromatic carbocycles. The summed E-state index contributed by atoms with van der Waals surface area (Å²) < 4.78 is 23.8. The first-order valence-electron chi connectivity index (χ1n) is 3.61. The summed E-state index contributed by atoms with van der Waals surface area (Å²) in [5, 5.41) is 14.2. The number of rotatable bonds is 4. The van der Waals surface area contributed by atoms with Crippen molar-refractivity contribution in [2.75, 3.05) is 13.6 Å². The van der Waals surface area contributed by atoms with E-state index in [9.17, 15) is 13.2 Å². The van der Waals surface area contributed by atoms with Gasteiger partial charge in [0.25, 0.3) is 0 Å². The van der Waals surface area contributed by atoms with Crippen LogP contribution in [0.1, 0.15) is 0 Å². The minimum absolute atomic E-state index is 0.0544. The van der Waals surface area contributed by atoms with Gasteiger partial charge in [-0.15, -0.1) is 0 Å². The normalized spacial score (nSPS) is 11.9. The molecule has 14 heavy (non-hydrogen) atoms. The number of carboxylic acids is 1. The molecule has 2 N–H and O–H groups in total. The maximum absolute atomic E-state index is 11.5. The maximum Gasteiger partial charge on any atom is 0.318 e. The summed E-state index contributed by atoms with van der Waals surface area (Å²) in [5.41, 5.74) is 0. The Balaban J connectivity index is 2.92. The van der Waals surface area contributed by atoms with Crippen LogP contribution in [0, 0.1) is 0 Å². The molecule has 1 heterocycles. The third-order valence-electron chi connectivity index (χ3n) is 1.54. The van der Waals surface area contributed by atoms with Crippen molar-refractivity contribution in [3.05, 3.63) is 12.4 Å². The number of aromatic nitrogens is 2. The first-order valence-corrected chi connectivity index (χ1v) is 5.05. The third kappa shape index (κ3) is 2.09. The van der Waals surface area contributed by atoms with E-state index in [0.29, 0.717) is 0 Å². The highest BCUT2D eigenvalue weighted by Gasteiger charge is 2.23. The minimum Gasteiger partial charge on any atom is -0.480 e. The molecule has 0 amide bonds. The second-order valence-corrected chi connectivity index (χ2v) is 4.63. The van der Waals surface area contributed by atoms with E-state index in [1.54, 1.807) is 0 Å². The molecule has 78 valence electrons. The number of nitrogens with zero attached hydrogens (tertiary/aromatic N) is 2. The van der Waals surface area contributed by atoms with Crippen molar-refractivity contribution in [2.24, 2.45) is 0 Å². The molecule has 0 fully saturated rings. The number of hydrogen-bond acceptors (Lipinski definition) is 4. The minimum atomic E-state index is -3.73. The van der Waals surface area contributed by atoms with Gasteiger partial charge in [0.1, 0.15) is 11.4 Å². The largest absolute Gasteiger partial charge is 0.480 e. The fourth-order valence-corrected chi connectivity index (χ4v) is 1.86. The van der Waals surface area contributed by atoms with Crippen LogP contribution in [0.25, 0.3) is 0 Å². The van der Waals surface area contributed by atoms with E-state index in [-0.39, 0.29) is 4.90 Å². The first-order chi connectivity index (χ1) is 6.44. The van der Waals surface area contributed by atoms with Crippen LogP contribution in [-0.2, 0) is 14.8 Å². The number of hydrogen-bond donors (Lipinski definition) is 2. The van der Waals surface area contributed by atoms with Gasteiger partial charge in [-0.1, -0.05) is 0 Å². The average molecular weight is 219 g/mol. The average Bonchev–Trinajstić information content (AvgIpc) is 2.54. The quantitative estimate of drug-likeness (QED) is 0.684. The second kappa shape index (κ2) is 3.76. The second-order valence-electron chi connectivity index (χ2n) is 2.59. The number of aliphatic carboxylic acids is 1. The van der Waals surface area contributed by atoms with Crippen molar-refractivity contribution >= 4 is 16.0 Å². The van der Waals surface area contributed by atoms with E-state index in [1.807, 2.05) is 0 Å². The first kappa shape index (κ1) is 10.7. The fraction of sp³-hybridized carbons (Fsp3) is 0.333. The van der Waals surface area contributed by atoms with Gasteiger partial charge in [-0.3, -0.25) is 9.89 Å². The zero-order valence-electron chi connectivity index (χ0n) is 7.34. The number of H-pyrrole nitrogens is 1. The van der Waals surface area contributed by atoms with Gasteiger partial charge in [-0.25, -0.2) is 8.42 Å². The Bertz CT molecular complexity index is 410. The van der Waals surface area contributed by atoms with E-state index in [0.717, 1.165) is 10.5 Å². The molecule has 0 aliphatic rings. The zero-order chi connectivity index (χ0) is 10.8. The molecule has 0 saturated carbocycles. The van der Waals surface area contributed by atoms with Crippen molar-refractivity contribution in [1.82, 2.24) is 14.5 Å². The van der Waals surface area contributed by atoms with Gasteiger partial charge in [0.2, 0.25) is 10.0 Å². The zero-order valence-corrected chi connectivity index (χ0v) is 8.15. The molecule has 0 spiro atoms. The van der Waals surface area contributed by atoms with Crippen LogP contribution >= 0.6 is 0 Å². The van der Waals surface area contributed by atoms with Crippen LogP contribution in [0.2, 0.25) is 0 Å². The van der Waals surface area contributed by atoms with Gasteiger partial charge in [-0.2, -0.15) is 9.40 Å². The van der Waals surface area contributed by atoms with Gasteiger partial charge in [0, 0.05) is 13.2 Å². The molecular weight excluding hydrogens is 210 g/mol. The molecular formula is C6H9N3O4S. The lowest BCUT2D eigenvalue weighted by molar-refractivity contribution is -0.137. The lowest BCUT2D eigenvalue weighted by atomic mass is 10.7. The Kier molecular flexibility index (Phi) is 2.87. The van der Waals surface area contributed by atoms with Crippen LogP contribution in [0.5, 0.6) is 0 Å². The van der Waals surface area contributed by atoms with E-state index in [2.05, 4.69) is 10.2 Å². The van der Waals surface area contributed by atoms with E-state index in [4.69, 9.17) is 5.11 Å². The Morgan fingerprint density at radius 2 is 2.36 bits per heavy atom. The molecule has 8 heteroatoms. The molecule has 7 nitrogen and oxygen atoms in total. The number of aromatic amines is 1. The maximum atomic E-state index is 11.5. The fourth-order valence-electron chi connectivity index (χ4n) is 0.836. The molecule has 1 rings (SSSR count). The van der Waals surface area contributed by atoms with Crippen molar-refractivity contribution < 1.29 is 18.3 Å². The lowest BCUT2D eigenvalue weighted by Gasteiger charge is -2.12. The standard InChI is InChI=1S/C6H9N3O4S/c1-9(4-6(10)11)14(12,13)5-2-7-8-3-5/h2-3H,4H2,1H3,(H,7,8)(H,10,11). The van der Waals surface area contributed by atoms with Crippen LogP contribution < -0.4 is 0 Å². The molecule has 1 aromatic rings. The summed E-state index contributed by atoms with van der Waals surface area (Å²) in [6, 6.07) is 0. The molecule has 0 aliphatic carbocycles. The SMILES string of the molecule is CN(CC(=O)O)S(=O)(=O)c1cn[nH]c1. The van der Waals surface area contributed by atoms with Crippen molar-refractivity contribution in [3.63, 3.8) is 0 Å². The number of nitrogens with one attached hydrogen (secondary N) is 1. The van der Waals surface area contributed by atoms with Crippen LogP contribution in [0.3, 0.4) is 0 Å². The van der Waals surface area contributed by atoms with Crippen LogP contribution in [-0.4, -0.2) is 47.6 Å². The Morgan fingerprint density at radius 3 is 2.79 bits per heavy atom. The van der Waals surface area contributed by atoms with Crippen LogP contribution in [0.4, 0.5) is 0 Å². The van der Waals surface area contributed by atoms with E-state index >= 15 is 0 Å². The number of likely N-dealkylation sites (N-methyl/N-ethyl adjacent to an activating group) is 1. The molecule has 0 radical (unpaired) electrons. The predicted molar refractivity (Wildman–Crippen MR) is 46.0 cm³/mol. The third-order valence-corrected chi connectivity index (χ3v) is 3.31. The van der Waals surface area contributed by atoms with Gasteiger partial charge in [0.05, 0.1) is 6.20 Å². The molecule has 0 saturated heterocycles. The summed E-state index contributed by atoms with van der Waals surface area (Å²) in [6.45, 7) is -0.576. The van der Waals surface area contributed by atoms with Crippen LogP contribution in [0.15, 0.2) is 17.3 Å². The lowest BCUT2D eigenvalue weighted by Crippen LogP contribution is -2.31. The topological polar surface area (TPSA) is 103 Å². The van der Waals surface area contributed by atoms with E-state index in [1.165, 1.54) is 13.2 Å². The van der Waals surface area contributed by atoms with Gasteiger partial charge in [-0.05, 0) is 0 Å². The Morgan fingerprint density at radius 1 is 1.71 bits per heavy atom. The number of carbonyl (C=O) groups is 1. The molecule has 0 aliphatic heterocycles. The van der Waals surface area contributed by atoms with E-state index < -0.39 is 22.5 Å². The monoisotopic (exact) mass is 219 g/mol. The molecule has 1 aromatic heterocycles. The number of sulfonamides is 1. The molecule has 0 atom stereocenters. The van der Waals surface area contributed by atoms with Gasteiger partial charge < -0.3 is 5.11 Å². The smallest absolute Gasteiger partial charge is 0.318 e. The van der Waals surface area contributed by atoms with Crippen molar-refractivity contribution in [2.45, 2.75) is 4.90 Å². The molecule has 0 unspecified atom stereocenters. The summed E-state index contributed by atoms with van der Waals surface area (Å²) in [6.07, 6.45) is 2.31. The highest BCUT2D eigenvalue weighted by molar-refractivity contribution is 7.89. The summed E-state index contributed by atoms with van der Waals surface area (Å²) in [7, 11) is -2.54. The predicted octanol–water partition coefficient (Wildman–Crippen LogP) is -0.885. The highest BCUT2D eigenvalue weighted by atomic mass is 32.2. The highest BCUT2D eigenvalue weighted by Crippen LogP contribution is 2.10. The van der Waals surface area contributed by atoms with Crippen molar-refractivity contribution in [3.8, 4) is 0 Å². The summed E-state index contributed by atoms with van der Waals surface area (Å²) in [4.78, 5) is 10.2.